The van der Waals surface area contributed by atoms with Crippen molar-refractivity contribution in [2.75, 3.05) is 38.2 Å². The van der Waals surface area contributed by atoms with Crippen LogP contribution in [0.25, 0.3) is 0 Å². The number of methoxy groups -OCH3 is 1. The van der Waals surface area contributed by atoms with Crippen LogP contribution in [0.3, 0.4) is 0 Å². The van der Waals surface area contributed by atoms with Crippen molar-refractivity contribution >= 4 is 5.69 Å². The molecule has 0 saturated carbocycles. The fraction of sp³-hybridized carbons (Fsp3) is 0.500. The maximum Gasteiger partial charge on any atom is 0.168 e. The number of hydrogen-bond acceptors (Lipinski definition) is 7. The van der Waals surface area contributed by atoms with Crippen LogP contribution in [0.5, 0.6) is 5.75 Å². The molecular formula is C22H30N6O2. The van der Waals surface area contributed by atoms with Crippen LogP contribution in [0.1, 0.15) is 43.8 Å². The van der Waals surface area contributed by atoms with Crippen molar-refractivity contribution in [3.05, 3.63) is 54.2 Å². The lowest BCUT2D eigenvalue weighted by Crippen LogP contribution is -2.48. The number of unbranched alkanes of at least 4 members (excludes halogenated alkanes) is 1. The molecule has 0 radical (unpaired) electrons. The summed E-state index contributed by atoms with van der Waals surface area (Å²) in [5.74, 6) is 2.68. The molecular weight excluding hydrogens is 380 g/mol. The number of nitrogens with zero attached hydrogens (tertiary/aromatic N) is 6. The van der Waals surface area contributed by atoms with Crippen molar-refractivity contribution in [3.8, 4) is 5.75 Å². The summed E-state index contributed by atoms with van der Waals surface area (Å²) in [6.45, 7) is 6.71. The van der Waals surface area contributed by atoms with Gasteiger partial charge in [-0.3, -0.25) is 4.90 Å². The predicted molar refractivity (Wildman–Crippen MR) is 115 cm³/mol. The highest BCUT2D eigenvalue weighted by Gasteiger charge is 2.29. The van der Waals surface area contributed by atoms with E-state index in [0.717, 1.165) is 62.8 Å². The molecule has 1 aromatic carbocycles. The Hall–Kier alpha value is -2.87. The Balaban J connectivity index is 1.45. The lowest BCUT2D eigenvalue weighted by atomic mass is 10.1. The molecule has 1 fully saturated rings. The third-order valence-electron chi connectivity index (χ3n) is 5.77. The summed E-state index contributed by atoms with van der Waals surface area (Å²) >= 11 is 0. The fourth-order valence-electron chi connectivity index (χ4n) is 4.07. The van der Waals surface area contributed by atoms with Gasteiger partial charge in [-0.05, 0) is 53.2 Å². The van der Waals surface area contributed by atoms with Crippen LogP contribution in [0, 0.1) is 0 Å². The molecule has 0 N–H and O–H groups in total. The number of hydrogen-bond donors (Lipinski definition) is 0. The molecule has 3 heterocycles. The van der Waals surface area contributed by atoms with E-state index in [1.165, 1.54) is 5.69 Å². The van der Waals surface area contributed by atoms with Crippen LogP contribution in [0.2, 0.25) is 0 Å². The van der Waals surface area contributed by atoms with E-state index in [-0.39, 0.29) is 6.04 Å². The maximum atomic E-state index is 5.50. The number of furan rings is 1. The van der Waals surface area contributed by atoms with Gasteiger partial charge in [-0.1, -0.05) is 19.8 Å². The second-order valence-corrected chi connectivity index (χ2v) is 7.65. The normalized spacial score (nSPS) is 16.0. The van der Waals surface area contributed by atoms with Gasteiger partial charge < -0.3 is 14.1 Å². The fourth-order valence-corrected chi connectivity index (χ4v) is 4.07. The molecule has 1 saturated heterocycles. The molecule has 160 valence electrons. The summed E-state index contributed by atoms with van der Waals surface area (Å²) < 4.78 is 12.7. The van der Waals surface area contributed by atoms with E-state index in [1.54, 1.807) is 13.4 Å². The van der Waals surface area contributed by atoms with Crippen LogP contribution in [-0.2, 0) is 6.54 Å². The van der Waals surface area contributed by atoms with E-state index in [2.05, 4.69) is 44.4 Å². The molecule has 4 rings (SSSR count). The van der Waals surface area contributed by atoms with Gasteiger partial charge in [-0.25, -0.2) is 4.68 Å². The molecule has 3 aromatic rings. The van der Waals surface area contributed by atoms with Crippen LogP contribution in [-0.4, -0.2) is 58.4 Å². The zero-order chi connectivity index (χ0) is 20.8. The van der Waals surface area contributed by atoms with Gasteiger partial charge in [-0.15, -0.1) is 5.10 Å². The molecule has 8 heteroatoms. The maximum absolute atomic E-state index is 5.50. The molecule has 0 aliphatic carbocycles. The molecule has 1 aliphatic rings. The lowest BCUT2D eigenvalue weighted by Gasteiger charge is -2.39. The second kappa shape index (κ2) is 9.75. The molecule has 1 atom stereocenters. The Morgan fingerprint density at radius 3 is 2.57 bits per heavy atom. The zero-order valence-electron chi connectivity index (χ0n) is 17.8. The molecule has 0 spiro atoms. The topological polar surface area (TPSA) is 72.5 Å². The second-order valence-electron chi connectivity index (χ2n) is 7.65. The van der Waals surface area contributed by atoms with Crippen LogP contribution < -0.4 is 9.64 Å². The molecule has 2 aromatic heterocycles. The average molecular weight is 411 g/mol. The summed E-state index contributed by atoms with van der Waals surface area (Å²) in [7, 11) is 1.70. The minimum atomic E-state index is 0.216. The summed E-state index contributed by atoms with van der Waals surface area (Å²) in [6, 6.07) is 12.4. The van der Waals surface area contributed by atoms with Gasteiger partial charge >= 0.3 is 0 Å². The molecule has 1 aliphatic heterocycles. The average Bonchev–Trinajstić information content (AvgIpc) is 3.47. The minimum Gasteiger partial charge on any atom is -0.497 e. The minimum absolute atomic E-state index is 0.216. The predicted octanol–water partition coefficient (Wildman–Crippen LogP) is 3.38. The first-order chi connectivity index (χ1) is 14.8. The lowest BCUT2D eigenvalue weighted by molar-refractivity contribution is 0.162. The Labute approximate surface area is 177 Å². The number of benzene rings is 1. The summed E-state index contributed by atoms with van der Waals surface area (Å²) in [5, 5.41) is 12.6. The Bertz CT molecular complexity index is 885. The number of aromatic nitrogens is 4. The highest BCUT2D eigenvalue weighted by molar-refractivity contribution is 5.49. The molecule has 30 heavy (non-hydrogen) atoms. The van der Waals surface area contributed by atoms with Gasteiger partial charge in [0.15, 0.2) is 5.82 Å². The first-order valence-corrected chi connectivity index (χ1v) is 10.7. The van der Waals surface area contributed by atoms with Crippen molar-refractivity contribution in [1.82, 2.24) is 25.1 Å². The first kappa shape index (κ1) is 20.4. The molecule has 0 unspecified atom stereocenters. The molecule has 0 bridgehead atoms. The van der Waals surface area contributed by atoms with E-state index in [4.69, 9.17) is 9.15 Å². The van der Waals surface area contributed by atoms with Crippen LogP contribution >= 0.6 is 0 Å². The van der Waals surface area contributed by atoms with Crippen molar-refractivity contribution in [2.45, 2.75) is 38.8 Å². The van der Waals surface area contributed by atoms with Crippen molar-refractivity contribution < 1.29 is 9.15 Å². The smallest absolute Gasteiger partial charge is 0.168 e. The molecule has 0 amide bonds. The number of ether oxygens (including phenoxy) is 1. The summed E-state index contributed by atoms with van der Waals surface area (Å²) in [4.78, 5) is 4.96. The summed E-state index contributed by atoms with van der Waals surface area (Å²) in [6.07, 6.45) is 5.04. The van der Waals surface area contributed by atoms with Crippen molar-refractivity contribution in [2.24, 2.45) is 0 Å². The standard InChI is InChI=1S/C22H30N6O2/c1-3-4-7-21(22-23-24-25-28(22)17-20-6-5-16-30-20)27-14-12-26(13-15-27)18-8-10-19(29-2)11-9-18/h5-6,8-11,16,21H,3-4,7,12-15,17H2,1-2H3/t21-/m0/s1. The van der Waals surface area contributed by atoms with Crippen molar-refractivity contribution in [1.29, 1.82) is 0 Å². The Morgan fingerprint density at radius 1 is 1.10 bits per heavy atom. The van der Waals surface area contributed by atoms with Crippen LogP contribution in [0.15, 0.2) is 47.1 Å². The van der Waals surface area contributed by atoms with Gasteiger partial charge in [0.25, 0.3) is 0 Å². The van der Waals surface area contributed by atoms with Gasteiger partial charge in [-0.2, -0.15) is 0 Å². The van der Waals surface area contributed by atoms with Gasteiger partial charge in [0.05, 0.1) is 19.4 Å². The zero-order valence-corrected chi connectivity index (χ0v) is 17.8. The highest BCUT2D eigenvalue weighted by Crippen LogP contribution is 2.28. The van der Waals surface area contributed by atoms with E-state index in [9.17, 15) is 0 Å². The molecule has 8 nitrogen and oxygen atoms in total. The van der Waals surface area contributed by atoms with E-state index in [1.807, 2.05) is 28.9 Å². The monoisotopic (exact) mass is 410 g/mol. The first-order valence-electron chi connectivity index (χ1n) is 10.7. The quantitative estimate of drug-likeness (QED) is 0.535. The Morgan fingerprint density at radius 2 is 1.90 bits per heavy atom. The number of rotatable bonds is 9. The highest BCUT2D eigenvalue weighted by atomic mass is 16.5. The number of anilines is 1. The van der Waals surface area contributed by atoms with Gasteiger partial charge in [0.1, 0.15) is 18.1 Å². The largest absolute Gasteiger partial charge is 0.497 e. The van der Waals surface area contributed by atoms with E-state index in [0.29, 0.717) is 6.54 Å². The number of tetrazole rings is 1. The third kappa shape index (κ3) is 4.64. The van der Waals surface area contributed by atoms with Gasteiger partial charge in [0.2, 0.25) is 0 Å². The van der Waals surface area contributed by atoms with Gasteiger partial charge in [0, 0.05) is 31.9 Å². The SMILES string of the molecule is CCCC[C@@H](c1nnnn1Cc1ccco1)N1CCN(c2ccc(OC)cc2)CC1. The Kier molecular flexibility index (Phi) is 6.63. The van der Waals surface area contributed by atoms with E-state index >= 15 is 0 Å². The third-order valence-corrected chi connectivity index (χ3v) is 5.77. The van der Waals surface area contributed by atoms with E-state index < -0.39 is 0 Å². The summed E-state index contributed by atoms with van der Waals surface area (Å²) in [5.41, 5.74) is 1.24. The number of piperazine rings is 1. The van der Waals surface area contributed by atoms with Crippen molar-refractivity contribution in [3.63, 3.8) is 0 Å². The van der Waals surface area contributed by atoms with Crippen LogP contribution in [0.4, 0.5) is 5.69 Å².